The zero-order chi connectivity index (χ0) is 14.0. The van der Waals surface area contributed by atoms with Gasteiger partial charge in [0, 0.05) is 5.41 Å². The maximum Gasteiger partial charge on any atom is 0.122 e. The monoisotopic (exact) mass is 264 g/mol. The molecule has 0 bridgehead atoms. The summed E-state index contributed by atoms with van der Waals surface area (Å²) in [5.74, 6) is 1.39. The molecule has 106 valence electrons. The van der Waals surface area contributed by atoms with E-state index in [9.17, 15) is 5.11 Å². The Balaban J connectivity index is 2.32. The first-order chi connectivity index (χ1) is 9.01. The van der Waals surface area contributed by atoms with Gasteiger partial charge in [-0.3, -0.25) is 0 Å². The van der Waals surface area contributed by atoms with Crippen LogP contribution in [0, 0.1) is 12.3 Å². The van der Waals surface area contributed by atoms with E-state index in [0.717, 1.165) is 12.2 Å². The van der Waals surface area contributed by atoms with E-state index in [2.05, 4.69) is 32.9 Å². The first-order valence-electron chi connectivity index (χ1n) is 6.87. The van der Waals surface area contributed by atoms with Crippen molar-refractivity contribution in [3.63, 3.8) is 0 Å². The molecule has 19 heavy (non-hydrogen) atoms. The summed E-state index contributed by atoms with van der Waals surface area (Å²) in [5.41, 5.74) is 3.67. The molecule has 0 aliphatic carbocycles. The number of aliphatic hydroxyl groups excluding tert-OH is 1. The molecule has 1 N–H and O–H groups in total. The number of aliphatic hydroxyl groups is 1. The summed E-state index contributed by atoms with van der Waals surface area (Å²) in [4.78, 5) is 0. The number of ether oxygens (including phenoxy) is 2. The summed E-state index contributed by atoms with van der Waals surface area (Å²) in [6.45, 7) is 7.95. The van der Waals surface area contributed by atoms with Crippen LogP contribution < -0.4 is 4.74 Å². The molecule has 1 aromatic rings. The summed E-state index contributed by atoms with van der Waals surface area (Å²) in [6, 6.07) is 4.34. The second-order valence-electron chi connectivity index (χ2n) is 6.00. The number of benzene rings is 1. The maximum atomic E-state index is 9.56. The fraction of sp³-hybridized carbons (Fsp3) is 0.625. The van der Waals surface area contributed by atoms with Gasteiger partial charge in [0.25, 0.3) is 0 Å². The Morgan fingerprint density at radius 3 is 2.47 bits per heavy atom. The Bertz CT molecular complexity index is 442. The highest BCUT2D eigenvalue weighted by molar-refractivity contribution is 5.44. The number of hydrogen-bond donors (Lipinski definition) is 1. The van der Waals surface area contributed by atoms with Gasteiger partial charge >= 0.3 is 0 Å². The Morgan fingerprint density at radius 1 is 1.37 bits per heavy atom. The van der Waals surface area contributed by atoms with Crippen LogP contribution in [0.15, 0.2) is 12.1 Å². The van der Waals surface area contributed by atoms with Crippen molar-refractivity contribution in [3.8, 4) is 5.75 Å². The Labute approximate surface area is 115 Å². The first-order valence-corrected chi connectivity index (χ1v) is 6.87. The SMILES string of the molecule is COc1cc(C)c(CC2(CO)COC2)cc1C(C)C. The van der Waals surface area contributed by atoms with E-state index in [4.69, 9.17) is 9.47 Å². The second-order valence-corrected chi connectivity index (χ2v) is 6.00. The molecule has 2 rings (SSSR count). The molecular weight excluding hydrogens is 240 g/mol. The third kappa shape index (κ3) is 2.77. The van der Waals surface area contributed by atoms with E-state index >= 15 is 0 Å². The van der Waals surface area contributed by atoms with E-state index in [-0.39, 0.29) is 12.0 Å². The van der Waals surface area contributed by atoms with Gasteiger partial charge in [-0.15, -0.1) is 0 Å². The van der Waals surface area contributed by atoms with E-state index in [1.54, 1.807) is 7.11 Å². The van der Waals surface area contributed by atoms with Crippen LogP contribution in [0.25, 0.3) is 0 Å². The van der Waals surface area contributed by atoms with Gasteiger partial charge in [0.1, 0.15) is 5.75 Å². The molecule has 1 aromatic carbocycles. The van der Waals surface area contributed by atoms with Crippen molar-refractivity contribution in [2.45, 2.75) is 33.1 Å². The van der Waals surface area contributed by atoms with Crippen molar-refractivity contribution in [2.24, 2.45) is 5.41 Å². The third-order valence-corrected chi connectivity index (χ3v) is 4.03. The van der Waals surface area contributed by atoms with Crippen LogP contribution in [0.4, 0.5) is 0 Å². The van der Waals surface area contributed by atoms with Gasteiger partial charge in [-0.2, -0.15) is 0 Å². The molecule has 0 amide bonds. The molecule has 1 aliphatic rings. The predicted molar refractivity (Wildman–Crippen MR) is 75.9 cm³/mol. The summed E-state index contributed by atoms with van der Waals surface area (Å²) in [5, 5.41) is 9.56. The zero-order valence-electron chi connectivity index (χ0n) is 12.3. The zero-order valence-corrected chi connectivity index (χ0v) is 12.3. The van der Waals surface area contributed by atoms with E-state index in [1.165, 1.54) is 16.7 Å². The van der Waals surface area contributed by atoms with Crippen LogP contribution in [0.1, 0.15) is 36.5 Å². The fourth-order valence-corrected chi connectivity index (χ4v) is 2.61. The van der Waals surface area contributed by atoms with Crippen LogP contribution in [-0.4, -0.2) is 32.0 Å². The third-order valence-electron chi connectivity index (χ3n) is 4.03. The van der Waals surface area contributed by atoms with Crippen molar-refractivity contribution in [3.05, 3.63) is 28.8 Å². The molecule has 0 radical (unpaired) electrons. The molecule has 0 saturated carbocycles. The average molecular weight is 264 g/mol. The highest BCUT2D eigenvalue weighted by Crippen LogP contribution is 2.35. The average Bonchev–Trinajstić information content (AvgIpc) is 2.34. The van der Waals surface area contributed by atoms with Crippen molar-refractivity contribution < 1.29 is 14.6 Å². The molecule has 3 heteroatoms. The van der Waals surface area contributed by atoms with Gasteiger partial charge in [0.05, 0.1) is 26.9 Å². The highest BCUT2D eigenvalue weighted by Gasteiger charge is 2.38. The van der Waals surface area contributed by atoms with Crippen LogP contribution in [0.3, 0.4) is 0 Å². The minimum absolute atomic E-state index is 0.0758. The van der Waals surface area contributed by atoms with Gasteiger partial charge in [-0.1, -0.05) is 19.9 Å². The van der Waals surface area contributed by atoms with Crippen LogP contribution >= 0.6 is 0 Å². The first kappa shape index (κ1) is 14.4. The number of hydrogen-bond acceptors (Lipinski definition) is 3. The smallest absolute Gasteiger partial charge is 0.122 e. The van der Waals surface area contributed by atoms with Crippen molar-refractivity contribution in [2.75, 3.05) is 26.9 Å². The normalized spacial score (nSPS) is 17.4. The molecular formula is C16H24O3. The Morgan fingerprint density at radius 2 is 2.05 bits per heavy atom. The van der Waals surface area contributed by atoms with E-state index < -0.39 is 0 Å². The molecule has 1 fully saturated rings. The van der Waals surface area contributed by atoms with Gasteiger partial charge < -0.3 is 14.6 Å². The van der Waals surface area contributed by atoms with Crippen molar-refractivity contribution >= 4 is 0 Å². The Kier molecular flexibility index (Phi) is 4.16. The largest absolute Gasteiger partial charge is 0.496 e. The molecule has 1 aliphatic heterocycles. The topological polar surface area (TPSA) is 38.7 Å². The lowest BCUT2D eigenvalue weighted by Crippen LogP contribution is -2.47. The summed E-state index contributed by atoms with van der Waals surface area (Å²) in [6.07, 6.45) is 0.874. The molecule has 1 saturated heterocycles. The fourth-order valence-electron chi connectivity index (χ4n) is 2.61. The molecule has 0 unspecified atom stereocenters. The number of rotatable bonds is 5. The number of aryl methyl sites for hydroxylation is 1. The maximum absolute atomic E-state index is 9.56. The lowest BCUT2D eigenvalue weighted by molar-refractivity contribution is -0.136. The highest BCUT2D eigenvalue weighted by atomic mass is 16.5. The summed E-state index contributed by atoms with van der Waals surface area (Å²) >= 11 is 0. The minimum atomic E-state index is -0.0758. The Hall–Kier alpha value is -1.06. The summed E-state index contributed by atoms with van der Waals surface area (Å²) < 4.78 is 10.7. The quantitative estimate of drug-likeness (QED) is 0.888. The molecule has 0 atom stereocenters. The second kappa shape index (κ2) is 5.51. The predicted octanol–water partition coefficient (Wildman–Crippen LogP) is 2.68. The van der Waals surface area contributed by atoms with Gasteiger partial charge in [0.2, 0.25) is 0 Å². The lowest BCUT2D eigenvalue weighted by Gasteiger charge is -2.40. The molecule has 3 nitrogen and oxygen atoms in total. The van der Waals surface area contributed by atoms with Crippen LogP contribution in [-0.2, 0) is 11.2 Å². The van der Waals surface area contributed by atoms with E-state index in [1.807, 2.05) is 0 Å². The molecule has 0 aromatic heterocycles. The number of methoxy groups -OCH3 is 1. The minimum Gasteiger partial charge on any atom is -0.496 e. The van der Waals surface area contributed by atoms with Gasteiger partial charge in [-0.05, 0) is 42.0 Å². The van der Waals surface area contributed by atoms with E-state index in [0.29, 0.717) is 19.1 Å². The molecule has 1 heterocycles. The standard InChI is InChI=1S/C16H24O3/c1-11(2)14-6-13(12(3)5-15(14)18-4)7-16(8-17)9-19-10-16/h5-6,11,17H,7-10H2,1-4H3. The van der Waals surface area contributed by atoms with Crippen molar-refractivity contribution in [1.82, 2.24) is 0 Å². The van der Waals surface area contributed by atoms with Crippen molar-refractivity contribution in [1.29, 1.82) is 0 Å². The summed E-state index contributed by atoms with van der Waals surface area (Å²) in [7, 11) is 1.72. The molecule has 0 spiro atoms. The van der Waals surface area contributed by atoms with Crippen LogP contribution in [0.5, 0.6) is 5.75 Å². The van der Waals surface area contributed by atoms with Gasteiger partial charge in [0.15, 0.2) is 0 Å². The lowest BCUT2D eigenvalue weighted by atomic mass is 9.79. The van der Waals surface area contributed by atoms with Crippen LogP contribution in [0.2, 0.25) is 0 Å². The van der Waals surface area contributed by atoms with Gasteiger partial charge in [-0.25, -0.2) is 0 Å².